The Morgan fingerprint density at radius 2 is 2.00 bits per heavy atom. The van der Waals surface area contributed by atoms with Crippen molar-refractivity contribution < 1.29 is 4.79 Å². The van der Waals surface area contributed by atoms with Crippen molar-refractivity contribution in [2.24, 2.45) is 0 Å². The van der Waals surface area contributed by atoms with E-state index in [2.05, 4.69) is 25.5 Å². The van der Waals surface area contributed by atoms with Gasteiger partial charge in [0.05, 0.1) is 22.4 Å². The normalized spacial score (nSPS) is 10.7. The first-order valence-electron chi connectivity index (χ1n) is 5.97. The number of anilines is 2. The van der Waals surface area contributed by atoms with Crippen LogP contribution in [0.25, 0.3) is 11.0 Å². The van der Waals surface area contributed by atoms with E-state index < -0.39 is 0 Å². The molecule has 0 atom stereocenters. The molecule has 0 fully saturated rings. The molecular formula is C13H12N6O. The average Bonchev–Trinajstić information content (AvgIpc) is 2.78. The van der Waals surface area contributed by atoms with E-state index in [4.69, 9.17) is 5.73 Å². The van der Waals surface area contributed by atoms with Crippen molar-refractivity contribution in [3.05, 3.63) is 41.9 Å². The van der Waals surface area contributed by atoms with Gasteiger partial charge in [0.1, 0.15) is 0 Å². The number of carbonyl (C=O) groups is 1. The van der Waals surface area contributed by atoms with Gasteiger partial charge in [-0.2, -0.15) is 5.10 Å². The molecule has 0 spiro atoms. The molecule has 0 aliphatic carbocycles. The lowest BCUT2D eigenvalue weighted by molar-refractivity contribution is 0.102. The minimum atomic E-state index is -0.296. The van der Waals surface area contributed by atoms with Crippen LogP contribution in [0.1, 0.15) is 16.1 Å². The van der Waals surface area contributed by atoms with Gasteiger partial charge in [0.2, 0.25) is 0 Å². The Kier molecular flexibility index (Phi) is 2.79. The lowest BCUT2D eigenvalue weighted by atomic mass is 10.2. The van der Waals surface area contributed by atoms with Gasteiger partial charge in [0.25, 0.3) is 5.91 Å². The Bertz CT molecular complexity index is 794. The summed E-state index contributed by atoms with van der Waals surface area (Å²) in [7, 11) is 0. The number of H-pyrrole nitrogens is 1. The minimum absolute atomic E-state index is 0.296. The van der Waals surface area contributed by atoms with Crippen LogP contribution in [0.15, 0.2) is 30.6 Å². The quantitative estimate of drug-likeness (QED) is 0.652. The third-order valence-corrected chi connectivity index (χ3v) is 2.96. The number of hydrogen-bond acceptors (Lipinski definition) is 5. The Balaban J connectivity index is 1.90. The number of nitrogens with one attached hydrogen (secondary N) is 2. The first-order valence-corrected chi connectivity index (χ1v) is 5.97. The van der Waals surface area contributed by atoms with Crippen molar-refractivity contribution in [1.82, 2.24) is 20.2 Å². The van der Waals surface area contributed by atoms with E-state index in [9.17, 15) is 4.79 Å². The van der Waals surface area contributed by atoms with E-state index in [0.717, 1.165) is 5.52 Å². The van der Waals surface area contributed by atoms with Gasteiger partial charge in [-0.3, -0.25) is 19.9 Å². The second-order valence-corrected chi connectivity index (χ2v) is 4.32. The molecule has 0 bridgehead atoms. The molecule has 2 heterocycles. The molecule has 0 aliphatic rings. The average molecular weight is 268 g/mol. The van der Waals surface area contributed by atoms with Crippen LogP contribution in [-0.4, -0.2) is 26.1 Å². The number of aryl methyl sites for hydroxylation is 1. The first kappa shape index (κ1) is 12.1. The molecule has 0 radical (unpaired) electrons. The number of nitrogens with two attached hydrogens (primary N) is 1. The van der Waals surface area contributed by atoms with Crippen LogP contribution in [0.4, 0.5) is 11.5 Å². The highest BCUT2D eigenvalue weighted by Crippen LogP contribution is 2.19. The molecule has 0 aliphatic heterocycles. The molecule has 3 rings (SSSR count). The number of aromatic amines is 1. The molecular weight excluding hydrogens is 256 g/mol. The van der Waals surface area contributed by atoms with Crippen molar-refractivity contribution in [2.75, 3.05) is 11.1 Å². The lowest BCUT2D eigenvalue weighted by Crippen LogP contribution is -2.13. The Labute approximate surface area is 114 Å². The number of amides is 1. The summed E-state index contributed by atoms with van der Waals surface area (Å²) in [4.78, 5) is 20.5. The summed E-state index contributed by atoms with van der Waals surface area (Å²) in [5.41, 5.74) is 8.80. The van der Waals surface area contributed by atoms with Crippen molar-refractivity contribution >= 4 is 28.4 Å². The molecule has 20 heavy (non-hydrogen) atoms. The molecule has 7 heteroatoms. The molecule has 0 saturated heterocycles. The SMILES string of the molecule is Cc1[nH]nc(NC(=O)c2ccc3nccnc3c2)c1N. The maximum absolute atomic E-state index is 12.2. The maximum atomic E-state index is 12.2. The fourth-order valence-electron chi connectivity index (χ4n) is 1.82. The van der Waals surface area contributed by atoms with Crippen molar-refractivity contribution in [3.63, 3.8) is 0 Å². The monoisotopic (exact) mass is 268 g/mol. The summed E-state index contributed by atoms with van der Waals surface area (Å²) in [6.45, 7) is 1.78. The zero-order valence-corrected chi connectivity index (χ0v) is 10.7. The van der Waals surface area contributed by atoms with Crippen molar-refractivity contribution in [1.29, 1.82) is 0 Å². The Morgan fingerprint density at radius 3 is 2.70 bits per heavy atom. The fraction of sp³-hybridized carbons (Fsp3) is 0.0769. The third kappa shape index (κ3) is 2.05. The van der Waals surface area contributed by atoms with E-state index >= 15 is 0 Å². The van der Waals surface area contributed by atoms with Crippen LogP contribution in [0.5, 0.6) is 0 Å². The molecule has 0 saturated carbocycles. The summed E-state index contributed by atoms with van der Waals surface area (Å²) in [6.07, 6.45) is 3.19. The lowest BCUT2D eigenvalue weighted by Gasteiger charge is -2.04. The third-order valence-electron chi connectivity index (χ3n) is 2.96. The van der Waals surface area contributed by atoms with Gasteiger partial charge in [0.15, 0.2) is 5.82 Å². The summed E-state index contributed by atoms with van der Waals surface area (Å²) in [6, 6.07) is 5.10. The predicted molar refractivity (Wildman–Crippen MR) is 75.2 cm³/mol. The Morgan fingerprint density at radius 1 is 1.25 bits per heavy atom. The van der Waals surface area contributed by atoms with Gasteiger partial charge in [0, 0.05) is 18.0 Å². The Hall–Kier alpha value is -2.96. The van der Waals surface area contributed by atoms with Gasteiger partial charge in [-0.15, -0.1) is 0 Å². The zero-order valence-electron chi connectivity index (χ0n) is 10.7. The van der Waals surface area contributed by atoms with E-state index in [1.54, 1.807) is 37.5 Å². The molecule has 3 aromatic rings. The highest BCUT2D eigenvalue weighted by molar-refractivity contribution is 6.06. The van der Waals surface area contributed by atoms with Gasteiger partial charge in [-0.1, -0.05) is 0 Å². The number of carbonyl (C=O) groups excluding carboxylic acids is 1. The number of rotatable bonds is 2. The summed E-state index contributed by atoms with van der Waals surface area (Å²) in [5, 5.41) is 9.30. The second kappa shape index (κ2) is 4.61. The number of aromatic nitrogens is 4. The van der Waals surface area contributed by atoms with Crippen LogP contribution in [0, 0.1) is 6.92 Å². The molecule has 1 aromatic carbocycles. The van der Waals surface area contributed by atoms with Gasteiger partial charge < -0.3 is 11.1 Å². The molecule has 1 amide bonds. The first-order chi connectivity index (χ1) is 9.65. The van der Waals surface area contributed by atoms with Crippen LogP contribution in [0.2, 0.25) is 0 Å². The van der Waals surface area contributed by atoms with E-state index in [1.165, 1.54) is 0 Å². The smallest absolute Gasteiger partial charge is 0.257 e. The molecule has 0 unspecified atom stereocenters. The van der Waals surface area contributed by atoms with E-state index in [0.29, 0.717) is 28.3 Å². The van der Waals surface area contributed by atoms with Crippen LogP contribution < -0.4 is 11.1 Å². The maximum Gasteiger partial charge on any atom is 0.257 e. The second-order valence-electron chi connectivity index (χ2n) is 4.32. The molecule has 2 aromatic heterocycles. The largest absolute Gasteiger partial charge is 0.394 e. The van der Waals surface area contributed by atoms with Gasteiger partial charge in [-0.05, 0) is 25.1 Å². The van der Waals surface area contributed by atoms with E-state index in [-0.39, 0.29) is 5.91 Å². The highest BCUT2D eigenvalue weighted by atomic mass is 16.1. The summed E-state index contributed by atoms with van der Waals surface area (Å²) in [5.74, 6) is 0.0301. The van der Waals surface area contributed by atoms with Crippen molar-refractivity contribution in [2.45, 2.75) is 6.92 Å². The van der Waals surface area contributed by atoms with Gasteiger partial charge in [-0.25, -0.2) is 0 Å². The van der Waals surface area contributed by atoms with Gasteiger partial charge >= 0.3 is 0 Å². The van der Waals surface area contributed by atoms with Crippen molar-refractivity contribution in [3.8, 4) is 0 Å². The minimum Gasteiger partial charge on any atom is -0.394 e. The molecule has 4 N–H and O–H groups in total. The summed E-state index contributed by atoms with van der Waals surface area (Å²) < 4.78 is 0. The highest BCUT2D eigenvalue weighted by Gasteiger charge is 2.12. The number of benzene rings is 1. The number of fused-ring (bicyclic) bond motifs is 1. The van der Waals surface area contributed by atoms with Crippen LogP contribution in [0.3, 0.4) is 0 Å². The standard InChI is InChI=1S/C13H12N6O/c1-7-11(14)12(19-18-7)17-13(20)8-2-3-9-10(6-8)16-5-4-15-9/h2-6H,14H2,1H3,(H2,17,18,19,20). The molecule has 100 valence electrons. The topological polar surface area (TPSA) is 110 Å². The van der Waals surface area contributed by atoms with E-state index in [1.807, 2.05) is 0 Å². The summed E-state index contributed by atoms with van der Waals surface area (Å²) >= 11 is 0. The number of nitrogen functional groups attached to an aromatic ring is 1. The number of nitrogens with zero attached hydrogens (tertiary/aromatic N) is 3. The van der Waals surface area contributed by atoms with Crippen LogP contribution in [-0.2, 0) is 0 Å². The van der Waals surface area contributed by atoms with Crippen LogP contribution >= 0.6 is 0 Å². The molecule has 7 nitrogen and oxygen atoms in total. The number of hydrogen-bond donors (Lipinski definition) is 3. The fourth-order valence-corrected chi connectivity index (χ4v) is 1.82. The predicted octanol–water partition coefficient (Wildman–Crippen LogP) is 1.50. The zero-order chi connectivity index (χ0) is 14.1.